The summed E-state index contributed by atoms with van der Waals surface area (Å²) in [6.45, 7) is 11.4. The van der Waals surface area contributed by atoms with E-state index in [9.17, 15) is 0 Å². The summed E-state index contributed by atoms with van der Waals surface area (Å²) in [6, 6.07) is 10.9. The molecule has 2 aromatic rings. The lowest BCUT2D eigenvalue weighted by Gasteiger charge is -2.24. The van der Waals surface area contributed by atoms with E-state index in [4.69, 9.17) is 0 Å². The first kappa shape index (κ1) is 16.3. The molecule has 1 heterocycles. The van der Waals surface area contributed by atoms with Crippen LogP contribution in [0.15, 0.2) is 30.3 Å². The summed E-state index contributed by atoms with van der Waals surface area (Å²) in [6.07, 6.45) is 1.06. The molecule has 1 atom stereocenters. The summed E-state index contributed by atoms with van der Waals surface area (Å²) in [5, 5.41) is 3.44. The Labute approximate surface area is 133 Å². The first-order chi connectivity index (χ1) is 10.5. The van der Waals surface area contributed by atoms with E-state index in [1.54, 1.807) is 0 Å². The second-order valence-electron chi connectivity index (χ2n) is 5.70. The van der Waals surface area contributed by atoms with Crippen LogP contribution in [0, 0.1) is 13.8 Å². The quantitative estimate of drug-likeness (QED) is 0.854. The Hall–Kier alpha value is -2.10. The largest absolute Gasteiger partial charge is 0.367 e. The Kier molecular flexibility index (Phi) is 5.36. The molecule has 0 amide bonds. The van der Waals surface area contributed by atoms with Crippen molar-refractivity contribution in [2.24, 2.45) is 0 Å². The van der Waals surface area contributed by atoms with Crippen molar-refractivity contribution in [1.82, 2.24) is 9.97 Å². The van der Waals surface area contributed by atoms with E-state index in [0.717, 1.165) is 36.1 Å². The Morgan fingerprint density at radius 3 is 2.55 bits per heavy atom. The summed E-state index contributed by atoms with van der Waals surface area (Å²) in [5.41, 5.74) is 2.41. The zero-order valence-corrected chi connectivity index (χ0v) is 14.2. The molecule has 0 aliphatic rings. The molecule has 0 aliphatic carbocycles. The van der Waals surface area contributed by atoms with Gasteiger partial charge in [0.15, 0.2) is 0 Å². The number of hydrogen-bond acceptors (Lipinski definition) is 4. The predicted molar refractivity (Wildman–Crippen MR) is 94.0 cm³/mol. The van der Waals surface area contributed by atoms with E-state index >= 15 is 0 Å². The summed E-state index contributed by atoms with van der Waals surface area (Å²) in [5.74, 6) is 2.61. The molecule has 0 bridgehead atoms. The molecule has 1 unspecified atom stereocenters. The number of nitrogens with one attached hydrogen (secondary N) is 1. The first-order valence-electron chi connectivity index (χ1n) is 8.00. The van der Waals surface area contributed by atoms with Crippen molar-refractivity contribution >= 4 is 17.3 Å². The topological polar surface area (TPSA) is 41.0 Å². The van der Waals surface area contributed by atoms with Crippen LogP contribution in [0.4, 0.5) is 17.3 Å². The minimum Gasteiger partial charge on any atom is -0.367 e. The van der Waals surface area contributed by atoms with E-state index in [1.165, 1.54) is 5.56 Å². The molecule has 4 nitrogen and oxygen atoms in total. The van der Waals surface area contributed by atoms with Gasteiger partial charge in [0.2, 0.25) is 0 Å². The van der Waals surface area contributed by atoms with Crippen molar-refractivity contribution in [3.05, 3.63) is 41.7 Å². The number of aromatic nitrogens is 2. The van der Waals surface area contributed by atoms with Crippen LogP contribution in [0.1, 0.15) is 38.6 Å². The monoisotopic (exact) mass is 298 g/mol. The highest BCUT2D eigenvalue weighted by Gasteiger charge is 2.12. The molecule has 1 aromatic heterocycles. The Morgan fingerprint density at radius 2 is 1.91 bits per heavy atom. The third kappa shape index (κ3) is 3.97. The van der Waals surface area contributed by atoms with Crippen molar-refractivity contribution in [3.8, 4) is 0 Å². The van der Waals surface area contributed by atoms with Crippen LogP contribution in [0.25, 0.3) is 0 Å². The van der Waals surface area contributed by atoms with Gasteiger partial charge in [0.1, 0.15) is 17.5 Å². The van der Waals surface area contributed by atoms with E-state index in [1.807, 2.05) is 13.0 Å². The number of aryl methyl sites for hydroxylation is 2. The van der Waals surface area contributed by atoms with Gasteiger partial charge in [0.05, 0.1) is 0 Å². The first-order valence-corrected chi connectivity index (χ1v) is 8.00. The minimum absolute atomic E-state index is 0.399. The van der Waals surface area contributed by atoms with Gasteiger partial charge in [-0.05, 0) is 51.8 Å². The average Bonchev–Trinajstić information content (AvgIpc) is 2.47. The summed E-state index contributed by atoms with van der Waals surface area (Å²) >= 11 is 0. The fourth-order valence-corrected chi connectivity index (χ4v) is 2.39. The SMILES string of the molecule is CCC(C)Nc1cc(N(CC)c2cccc(C)c2)nc(C)n1. The Morgan fingerprint density at radius 1 is 1.14 bits per heavy atom. The van der Waals surface area contributed by atoms with Crippen LogP contribution in [-0.4, -0.2) is 22.6 Å². The summed E-state index contributed by atoms with van der Waals surface area (Å²) in [7, 11) is 0. The molecule has 0 saturated heterocycles. The van der Waals surface area contributed by atoms with Gasteiger partial charge in [-0.2, -0.15) is 0 Å². The molecule has 0 saturated carbocycles. The van der Waals surface area contributed by atoms with Crippen LogP contribution in [0.5, 0.6) is 0 Å². The lowest BCUT2D eigenvalue weighted by atomic mass is 10.2. The van der Waals surface area contributed by atoms with Crippen LogP contribution in [0.3, 0.4) is 0 Å². The molecule has 0 fully saturated rings. The van der Waals surface area contributed by atoms with E-state index in [-0.39, 0.29) is 0 Å². The van der Waals surface area contributed by atoms with E-state index < -0.39 is 0 Å². The molecular formula is C18H26N4. The van der Waals surface area contributed by atoms with Crippen LogP contribution >= 0.6 is 0 Å². The predicted octanol–water partition coefficient (Wildman–Crippen LogP) is 4.46. The van der Waals surface area contributed by atoms with Crippen molar-refractivity contribution in [1.29, 1.82) is 0 Å². The lowest BCUT2D eigenvalue weighted by molar-refractivity contribution is 0.756. The Balaban J connectivity index is 2.36. The maximum atomic E-state index is 4.62. The number of rotatable bonds is 6. The number of nitrogens with zero attached hydrogens (tertiary/aromatic N) is 3. The molecule has 0 aliphatic heterocycles. The molecule has 0 radical (unpaired) electrons. The maximum absolute atomic E-state index is 4.62. The highest BCUT2D eigenvalue weighted by Crippen LogP contribution is 2.26. The smallest absolute Gasteiger partial charge is 0.138 e. The molecule has 118 valence electrons. The zero-order valence-electron chi connectivity index (χ0n) is 14.2. The second-order valence-corrected chi connectivity index (χ2v) is 5.70. The van der Waals surface area contributed by atoms with Gasteiger partial charge in [-0.25, -0.2) is 9.97 Å². The fourth-order valence-electron chi connectivity index (χ4n) is 2.39. The van der Waals surface area contributed by atoms with Crippen LogP contribution in [-0.2, 0) is 0 Å². The minimum atomic E-state index is 0.399. The van der Waals surface area contributed by atoms with Gasteiger partial charge in [-0.3, -0.25) is 0 Å². The van der Waals surface area contributed by atoms with Gasteiger partial charge < -0.3 is 10.2 Å². The Bertz CT molecular complexity index is 624. The van der Waals surface area contributed by atoms with Crippen LogP contribution < -0.4 is 10.2 Å². The molecule has 1 aromatic carbocycles. The molecule has 1 N–H and O–H groups in total. The second kappa shape index (κ2) is 7.25. The van der Waals surface area contributed by atoms with Gasteiger partial charge in [-0.1, -0.05) is 19.1 Å². The number of hydrogen-bond donors (Lipinski definition) is 1. The highest BCUT2D eigenvalue weighted by atomic mass is 15.2. The van der Waals surface area contributed by atoms with Gasteiger partial charge >= 0.3 is 0 Å². The van der Waals surface area contributed by atoms with E-state index in [2.05, 4.69) is 72.1 Å². The standard InChI is InChI=1S/C18H26N4/c1-6-14(4)19-17-12-18(21-15(5)20-17)22(7-2)16-10-8-9-13(3)11-16/h8-12,14H,6-7H2,1-5H3,(H,19,20,21). The summed E-state index contributed by atoms with van der Waals surface area (Å²) in [4.78, 5) is 11.3. The summed E-state index contributed by atoms with van der Waals surface area (Å²) < 4.78 is 0. The van der Waals surface area contributed by atoms with Gasteiger partial charge in [0.25, 0.3) is 0 Å². The lowest BCUT2D eigenvalue weighted by Crippen LogP contribution is -2.20. The zero-order chi connectivity index (χ0) is 16.1. The normalized spacial score (nSPS) is 12.0. The van der Waals surface area contributed by atoms with Crippen molar-refractivity contribution in [2.75, 3.05) is 16.8 Å². The van der Waals surface area contributed by atoms with Gasteiger partial charge in [-0.15, -0.1) is 0 Å². The fraction of sp³-hybridized carbons (Fsp3) is 0.444. The van der Waals surface area contributed by atoms with Crippen molar-refractivity contribution in [3.63, 3.8) is 0 Å². The number of benzene rings is 1. The molecule has 2 rings (SSSR count). The highest BCUT2D eigenvalue weighted by molar-refractivity contribution is 5.63. The number of anilines is 3. The van der Waals surface area contributed by atoms with Gasteiger partial charge in [0, 0.05) is 24.3 Å². The molecular weight excluding hydrogens is 272 g/mol. The molecule has 22 heavy (non-hydrogen) atoms. The average molecular weight is 298 g/mol. The molecule has 0 spiro atoms. The van der Waals surface area contributed by atoms with Crippen molar-refractivity contribution in [2.45, 2.75) is 47.1 Å². The van der Waals surface area contributed by atoms with Crippen LogP contribution in [0.2, 0.25) is 0 Å². The van der Waals surface area contributed by atoms with Crippen molar-refractivity contribution < 1.29 is 0 Å². The third-order valence-corrected chi connectivity index (χ3v) is 3.74. The molecule has 4 heteroatoms. The third-order valence-electron chi connectivity index (χ3n) is 3.74. The van der Waals surface area contributed by atoms with E-state index in [0.29, 0.717) is 6.04 Å². The maximum Gasteiger partial charge on any atom is 0.138 e.